The lowest BCUT2D eigenvalue weighted by atomic mass is 10.1. The van der Waals surface area contributed by atoms with Crippen molar-refractivity contribution >= 4 is 78.4 Å². The molecule has 0 bridgehead atoms. The van der Waals surface area contributed by atoms with E-state index in [9.17, 15) is 18.3 Å². The molecule has 0 saturated heterocycles. The lowest BCUT2D eigenvalue weighted by molar-refractivity contribution is -0.654. The third kappa shape index (κ3) is 6.43. The summed E-state index contributed by atoms with van der Waals surface area (Å²) in [5.41, 5.74) is 3.15. The summed E-state index contributed by atoms with van der Waals surface area (Å²) in [6.45, 7) is 2.35. The Morgan fingerprint density at radius 1 is 1.30 bits per heavy atom. The van der Waals surface area contributed by atoms with Crippen LogP contribution in [0.3, 0.4) is 0 Å². The Morgan fingerprint density at radius 3 is 2.73 bits per heavy atom. The van der Waals surface area contributed by atoms with Crippen molar-refractivity contribution in [3.8, 4) is 0 Å². The molecular weight excluding hydrogens is 606 g/mol. The average molecular weight is 632 g/mol. The zero-order valence-corrected chi connectivity index (χ0v) is 24.1. The molecule has 1 aliphatic rings. The predicted octanol–water partition coefficient (Wildman–Crippen LogP) is 5.47. The van der Waals surface area contributed by atoms with E-state index in [0.29, 0.717) is 31.5 Å². The van der Waals surface area contributed by atoms with E-state index in [1.807, 2.05) is 53.5 Å². The number of halogens is 2. The van der Waals surface area contributed by atoms with Gasteiger partial charge in [-0.2, -0.15) is 13.0 Å². The van der Waals surface area contributed by atoms with E-state index < -0.39 is 16.1 Å². The highest BCUT2D eigenvalue weighted by atomic mass is 79.9. The van der Waals surface area contributed by atoms with Gasteiger partial charge in [0.25, 0.3) is 15.9 Å². The van der Waals surface area contributed by atoms with Gasteiger partial charge in [-0.15, -0.1) is 0 Å². The van der Waals surface area contributed by atoms with E-state index >= 15 is 0 Å². The zero-order chi connectivity index (χ0) is 26.9. The zero-order valence-electron chi connectivity index (χ0n) is 20.1. The van der Waals surface area contributed by atoms with Crippen LogP contribution in [-0.4, -0.2) is 40.9 Å². The molecular formula is C24H26BrClN3O6S2+. The summed E-state index contributed by atoms with van der Waals surface area (Å²) in [7, 11) is -2.16. The van der Waals surface area contributed by atoms with Gasteiger partial charge in [-0.3, -0.25) is 9.35 Å². The van der Waals surface area contributed by atoms with Gasteiger partial charge < -0.3 is 14.4 Å². The van der Waals surface area contributed by atoms with Gasteiger partial charge in [0, 0.05) is 21.5 Å². The fourth-order valence-corrected chi connectivity index (χ4v) is 6.41. The van der Waals surface area contributed by atoms with Crippen molar-refractivity contribution in [1.29, 1.82) is 0 Å². The lowest BCUT2D eigenvalue weighted by Gasteiger charge is -2.18. The molecule has 0 saturated carbocycles. The van der Waals surface area contributed by atoms with E-state index in [4.69, 9.17) is 20.6 Å². The van der Waals surface area contributed by atoms with Crippen LogP contribution in [0.25, 0.3) is 17.3 Å². The molecule has 4 rings (SSSR count). The van der Waals surface area contributed by atoms with Gasteiger partial charge >= 0.3 is 11.7 Å². The fraction of sp³-hybridized carbons (Fsp3) is 0.333. The van der Waals surface area contributed by atoms with Crippen molar-refractivity contribution in [2.75, 3.05) is 17.2 Å². The molecule has 0 fully saturated rings. The molecule has 1 aliphatic heterocycles. The molecule has 3 aromatic rings. The first-order valence-electron chi connectivity index (χ1n) is 11.5. The minimum absolute atomic E-state index is 0.164. The SMILES string of the molecule is CCC(=C/c1n(CCCCS(=O)(=O)O)c2cc(Cl)oc2[n+]1C)/C=C1\Sc2ccc(Br)cc2N1CC(=O)O. The van der Waals surface area contributed by atoms with Crippen LogP contribution in [-0.2, 0) is 28.5 Å². The van der Waals surface area contributed by atoms with Crippen molar-refractivity contribution < 1.29 is 31.9 Å². The first kappa shape index (κ1) is 27.8. The molecule has 9 nitrogen and oxygen atoms in total. The van der Waals surface area contributed by atoms with Gasteiger partial charge in [0.15, 0.2) is 0 Å². The number of rotatable bonds is 10. The third-order valence-corrected chi connectivity index (χ3v) is 8.53. The van der Waals surface area contributed by atoms with Crippen LogP contribution in [0.4, 0.5) is 5.69 Å². The second-order valence-electron chi connectivity index (χ2n) is 8.55. The van der Waals surface area contributed by atoms with Gasteiger partial charge in [0.1, 0.15) is 6.54 Å². The van der Waals surface area contributed by atoms with E-state index in [-0.39, 0.29) is 17.5 Å². The minimum atomic E-state index is -4.02. The average Bonchev–Trinajstić information content (AvgIpc) is 3.42. The van der Waals surface area contributed by atoms with E-state index in [0.717, 1.165) is 37.0 Å². The number of anilines is 1. The molecule has 0 radical (unpaired) electrons. The van der Waals surface area contributed by atoms with Crippen LogP contribution in [0, 0.1) is 0 Å². The number of carbonyl (C=O) groups is 1. The van der Waals surface area contributed by atoms with Gasteiger partial charge in [0.05, 0.1) is 30.1 Å². The normalized spacial score (nSPS) is 15.2. The Morgan fingerprint density at radius 2 is 2.05 bits per heavy atom. The van der Waals surface area contributed by atoms with Gasteiger partial charge in [0.2, 0.25) is 10.7 Å². The molecule has 1 aromatic carbocycles. The van der Waals surface area contributed by atoms with E-state index in [1.165, 1.54) is 11.8 Å². The van der Waals surface area contributed by atoms with Crippen molar-refractivity contribution in [3.05, 3.63) is 56.5 Å². The summed E-state index contributed by atoms with van der Waals surface area (Å²) in [5.74, 6) is -0.414. The molecule has 0 atom stereocenters. The Kier molecular flexibility index (Phi) is 8.44. The Balaban J connectivity index is 1.72. The van der Waals surface area contributed by atoms with Gasteiger partial charge in [-0.1, -0.05) is 34.6 Å². The molecule has 0 amide bonds. The number of allylic oxidation sites excluding steroid dienone is 2. The highest BCUT2D eigenvalue weighted by molar-refractivity contribution is 9.10. The van der Waals surface area contributed by atoms with Crippen molar-refractivity contribution in [3.63, 3.8) is 0 Å². The standard InChI is InChI=1S/C24H25BrClN3O6S2/c1-3-15(11-22-29(14-23(30)31)17-12-16(25)6-7-19(17)36-22)10-21-27(2)24-18(13-20(26)35-24)28(21)8-4-5-9-37(32,33)34/h6-7,10-13H,3-5,8-9,14H2,1-2H3,(H-,30,31,32,33,34)/p+1. The summed E-state index contributed by atoms with van der Waals surface area (Å²) in [6.07, 6.45) is 5.50. The number of aliphatic carboxylic acids is 1. The highest BCUT2D eigenvalue weighted by Gasteiger charge is 2.29. The Bertz CT molecular complexity index is 1530. The number of carboxylic acids is 1. The Hall–Kier alpha value is -2.25. The maximum absolute atomic E-state index is 11.6. The van der Waals surface area contributed by atoms with E-state index in [2.05, 4.69) is 15.9 Å². The quantitative estimate of drug-likeness (QED) is 0.172. The highest BCUT2D eigenvalue weighted by Crippen LogP contribution is 2.47. The van der Waals surface area contributed by atoms with Crippen LogP contribution in [0.5, 0.6) is 0 Å². The van der Waals surface area contributed by atoms with Crippen molar-refractivity contribution in [2.45, 2.75) is 37.6 Å². The largest absolute Gasteiger partial charge is 0.480 e. The van der Waals surface area contributed by atoms with Crippen LogP contribution in [0.15, 0.2) is 54.7 Å². The number of unbranched alkanes of at least 4 members (excludes halogenated alkanes) is 1. The number of benzene rings is 1. The number of hydrogen-bond acceptors (Lipinski definition) is 6. The van der Waals surface area contributed by atoms with Gasteiger partial charge in [-0.25, -0.2) is 4.57 Å². The maximum atomic E-state index is 11.6. The molecule has 0 spiro atoms. The summed E-state index contributed by atoms with van der Waals surface area (Å²) in [5, 5.41) is 10.6. The lowest BCUT2D eigenvalue weighted by Crippen LogP contribution is -2.31. The Labute approximate surface area is 232 Å². The van der Waals surface area contributed by atoms with Gasteiger partial charge in [-0.05, 0) is 60.7 Å². The number of thioether (sulfide) groups is 1. The molecule has 13 heteroatoms. The smallest absolute Gasteiger partial charge is 0.339 e. The molecule has 198 valence electrons. The second kappa shape index (κ2) is 11.2. The number of aromatic nitrogens is 2. The fourth-order valence-electron chi connectivity index (χ4n) is 4.20. The number of carboxylic acid groups (broad SMARTS) is 1. The summed E-state index contributed by atoms with van der Waals surface area (Å²) >= 11 is 11.1. The first-order chi connectivity index (χ1) is 17.5. The van der Waals surface area contributed by atoms with Crippen LogP contribution < -0.4 is 9.47 Å². The molecule has 37 heavy (non-hydrogen) atoms. The summed E-state index contributed by atoms with van der Waals surface area (Å²) in [6, 6.07) is 7.53. The molecule has 0 unspecified atom stereocenters. The van der Waals surface area contributed by atoms with Crippen molar-refractivity contribution in [1.82, 2.24) is 4.57 Å². The molecule has 2 aromatic heterocycles. The molecule has 2 N–H and O–H groups in total. The topological polar surface area (TPSA) is 117 Å². The van der Waals surface area contributed by atoms with Crippen LogP contribution in [0.2, 0.25) is 5.22 Å². The number of fused-ring (bicyclic) bond motifs is 2. The second-order valence-corrected chi connectivity index (χ2v) is 12.5. The number of imidazole rings is 1. The number of hydrogen-bond donors (Lipinski definition) is 2. The first-order valence-corrected chi connectivity index (χ1v) is 15.1. The summed E-state index contributed by atoms with van der Waals surface area (Å²) < 4.78 is 41.7. The molecule has 0 aliphatic carbocycles. The third-order valence-electron chi connectivity index (χ3n) is 5.93. The predicted molar refractivity (Wildman–Crippen MR) is 147 cm³/mol. The summed E-state index contributed by atoms with van der Waals surface area (Å²) in [4.78, 5) is 14.4. The van der Waals surface area contributed by atoms with Crippen molar-refractivity contribution in [2.24, 2.45) is 7.05 Å². The maximum Gasteiger partial charge on any atom is 0.339 e. The van der Waals surface area contributed by atoms with Crippen LogP contribution >= 0.6 is 39.3 Å². The van der Waals surface area contributed by atoms with E-state index in [1.54, 1.807) is 11.0 Å². The number of nitrogens with zero attached hydrogens (tertiary/aromatic N) is 3. The number of aryl methyl sites for hydroxylation is 2. The minimum Gasteiger partial charge on any atom is -0.480 e. The van der Waals surface area contributed by atoms with Crippen LogP contribution in [0.1, 0.15) is 32.0 Å². The molecule has 3 heterocycles. The number of furan rings is 1. The monoisotopic (exact) mass is 630 g/mol.